The van der Waals surface area contributed by atoms with E-state index in [0.29, 0.717) is 11.5 Å². The van der Waals surface area contributed by atoms with Gasteiger partial charge in [-0.2, -0.15) is 12.1 Å². The summed E-state index contributed by atoms with van der Waals surface area (Å²) in [6.45, 7) is 35.3. The number of aromatic nitrogens is 4. The van der Waals surface area contributed by atoms with Crippen molar-refractivity contribution in [3.05, 3.63) is 178 Å². The first-order valence-corrected chi connectivity index (χ1v) is 24.8. The Balaban J connectivity index is 0.00000567. The van der Waals surface area contributed by atoms with Crippen molar-refractivity contribution in [3.8, 4) is 34.1 Å². The van der Waals surface area contributed by atoms with E-state index < -0.39 is 5.41 Å². The van der Waals surface area contributed by atoms with Crippen molar-refractivity contribution >= 4 is 32.8 Å². The Morgan fingerprint density at radius 2 is 1.13 bits per heavy atom. The van der Waals surface area contributed by atoms with Crippen molar-refractivity contribution in [3.63, 3.8) is 0 Å². The second-order valence-electron chi connectivity index (χ2n) is 25.1. The second-order valence-corrected chi connectivity index (χ2v) is 25.1. The summed E-state index contributed by atoms with van der Waals surface area (Å²) in [5, 5.41) is 2.27. The Morgan fingerprint density at radius 1 is 0.543 bits per heavy atom. The van der Waals surface area contributed by atoms with E-state index in [1.54, 1.807) is 0 Å². The number of para-hydroxylation sites is 2. The molecule has 0 bridgehead atoms. The van der Waals surface area contributed by atoms with Gasteiger partial charge in [-0.25, -0.2) is 4.98 Å². The predicted octanol–water partition coefficient (Wildman–Crippen LogP) is 15.3. The quantitative estimate of drug-likeness (QED) is 0.131. The molecule has 0 atom stereocenters. The summed E-state index contributed by atoms with van der Waals surface area (Å²) in [5.41, 5.74) is 18.5. The number of nitrogens with zero attached hydrogens (tertiary/aromatic N) is 4. The zero-order valence-electron chi connectivity index (χ0n) is 43.9. The molecule has 3 aromatic heterocycles. The molecule has 0 unspecified atom stereocenters. The molecule has 0 saturated heterocycles. The van der Waals surface area contributed by atoms with Crippen LogP contribution in [0.2, 0.25) is 0 Å². The fourth-order valence-electron chi connectivity index (χ4n) is 11.6. The summed E-state index contributed by atoms with van der Waals surface area (Å²) < 4.78 is 13.6. The molecular weight excluding hydrogens is 1040 g/mol. The number of imidazole rings is 1. The molecule has 11 rings (SSSR count). The third-order valence-electron chi connectivity index (χ3n) is 15.0. The molecular formula is C64H66N4OPt-2. The van der Waals surface area contributed by atoms with Gasteiger partial charge in [0.15, 0.2) is 0 Å². The van der Waals surface area contributed by atoms with Gasteiger partial charge in [0.05, 0.1) is 18.1 Å². The number of benzene rings is 6. The number of hydrogen-bond acceptors (Lipinski definition) is 2. The number of fused-ring (bicyclic) bond motifs is 12. The molecule has 1 aliphatic carbocycles. The zero-order chi connectivity index (χ0) is 49.1. The normalized spacial score (nSPS) is 14.3. The van der Waals surface area contributed by atoms with Gasteiger partial charge in [0, 0.05) is 49.7 Å². The minimum Gasteiger partial charge on any atom is -0.510 e. The average Bonchev–Trinajstić information content (AvgIpc) is 3.89. The Bertz CT molecular complexity index is 3530. The molecule has 0 fully saturated rings. The number of ether oxygens (including phenoxy) is 1. The van der Waals surface area contributed by atoms with Crippen LogP contribution in [0.25, 0.3) is 55.5 Å². The van der Waals surface area contributed by atoms with Gasteiger partial charge < -0.3 is 18.4 Å². The van der Waals surface area contributed by atoms with Crippen LogP contribution in [0, 0.1) is 18.5 Å². The molecule has 360 valence electrons. The predicted molar refractivity (Wildman–Crippen MR) is 284 cm³/mol. The van der Waals surface area contributed by atoms with Crippen LogP contribution in [-0.2, 0) is 60.6 Å². The molecule has 1 spiro atoms. The fraction of sp³-hybridized carbons (Fsp3) is 0.344. The summed E-state index contributed by atoms with van der Waals surface area (Å²) in [7, 11) is 2.11. The summed E-state index contributed by atoms with van der Waals surface area (Å²) in [5.74, 6) is 2.07. The largest absolute Gasteiger partial charge is 0.510 e. The van der Waals surface area contributed by atoms with Crippen LogP contribution in [0.5, 0.6) is 11.5 Å². The van der Waals surface area contributed by atoms with E-state index in [0.717, 1.165) is 39.0 Å². The molecule has 9 aromatic rings. The van der Waals surface area contributed by atoms with Gasteiger partial charge >= 0.3 is 0 Å². The van der Waals surface area contributed by atoms with Gasteiger partial charge in [-0.15, -0.1) is 35.2 Å². The van der Waals surface area contributed by atoms with E-state index >= 15 is 0 Å². The van der Waals surface area contributed by atoms with Crippen LogP contribution < -0.4 is 9.30 Å². The molecule has 0 amide bonds. The van der Waals surface area contributed by atoms with Crippen molar-refractivity contribution in [2.24, 2.45) is 7.05 Å². The molecule has 6 heteroatoms. The Hall–Kier alpha value is -5.77. The van der Waals surface area contributed by atoms with Gasteiger partial charge in [0.1, 0.15) is 5.82 Å². The molecule has 5 nitrogen and oxygen atoms in total. The average molecular weight is 1100 g/mol. The first-order valence-electron chi connectivity index (χ1n) is 24.8. The van der Waals surface area contributed by atoms with Crippen LogP contribution >= 0.6 is 0 Å². The Labute approximate surface area is 430 Å². The molecule has 0 saturated carbocycles. The van der Waals surface area contributed by atoms with Crippen molar-refractivity contribution in [1.82, 2.24) is 14.1 Å². The Kier molecular flexibility index (Phi) is 10.7. The molecule has 2 aliphatic rings. The molecule has 4 heterocycles. The van der Waals surface area contributed by atoms with Gasteiger partial charge in [-0.1, -0.05) is 182 Å². The van der Waals surface area contributed by atoms with Crippen molar-refractivity contribution in [1.29, 1.82) is 0 Å². The van der Waals surface area contributed by atoms with Crippen LogP contribution in [0.3, 0.4) is 0 Å². The second kappa shape index (κ2) is 15.6. The van der Waals surface area contributed by atoms with Crippen molar-refractivity contribution in [2.45, 2.75) is 136 Å². The smallest absolute Gasteiger partial charge is 0.242 e. The molecule has 70 heavy (non-hydrogen) atoms. The summed E-state index contributed by atoms with van der Waals surface area (Å²) in [4.78, 5) is 4.88. The zero-order valence-corrected chi connectivity index (χ0v) is 46.2. The van der Waals surface area contributed by atoms with Gasteiger partial charge in [-0.3, -0.25) is 0 Å². The minimum absolute atomic E-state index is 0. The molecule has 0 radical (unpaired) electrons. The standard InChI is InChI=1S/C64H66N4O.Pt/c1-59(2,3)38-31-44-45-32-39(60(4,5)6)34-50(63(13,14)15)56(45)64(55(44)49(33-38)62(10,11)12)46-29-27-41(36-53(46)67-37-66(16)51-24-20-23-48(64)58(51)67)69-40-26-28-42-43-21-19-22-47(61(7,8)9)57(43)68(52(42)35-40)54-25-17-18-30-65-54;/h17-34H,1-16H3;/q-2;. The van der Waals surface area contributed by atoms with Gasteiger partial charge in [-0.05, 0) is 100 Å². The van der Waals surface area contributed by atoms with E-state index in [1.165, 1.54) is 66.6 Å². The molecule has 0 N–H and O–H groups in total. The first-order chi connectivity index (χ1) is 32.3. The fourth-order valence-corrected chi connectivity index (χ4v) is 11.6. The maximum atomic E-state index is 7.00. The first kappa shape index (κ1) is 47.9. The third kappa shape index (κ3) is 7.03. The SMILES string of the molecule is C[n+]1[c-]n2c3c(cccc31)C1(c3ccc(Oc4[c-]c5c(cc4)c4cccc(C(C)(C)C)c4n5-c4ccccn4)[c-]c3-2)c2c(cc(C(C)(C)C)cc2C(C)(C)C)-c2cc(C(C)(C)C)cc(C(C)(C)C)c21.[Pt]. The van der Waals surface area contributed by atoms with Crippen LogP contribution in [-0.4, -0.2) is 14.1 Å². The summed E-state index contributed by atoms with van der Waals surface area (Å²) in [6, 6.07) is 46.1. The van der Waals surface area contributed by atoms with E-state index in [1.807, 2.05) is 24.4 Å². The van der Waals surface area contributed by atoms with E-state index in [-0.39, 0.29) is 48.1 Å². The topological polar surface area (TPSA) is 35.9 Å². The van der Waals surface area contributed by atoms with E-state index in [4.69, 9.17) is 9.72 Å². The number of hydrogen-bond donors (Lipinski definition) is 0. The molecule has 1 aliphatic heterocycles. The Morgan fingerprint density at radius 3 is 1.70 bits per heavy atom. The van der Waals surface area contributed by atoms with Crippen molar-refractivity contribution in [2.75, 3.05) is 0 Å². The third-order valence-corrected chi connectivity index (χ3v) is 15.0. The minimum atomic E-state index is -0.693. The summed E-state index contributed by atoms with van der Waals surface area (Å²) in [6.07, 6.45) is 5.61. The van der Waals surface area contributed by atoms with Crippen LogP contribution in [0.4, 0.5) is 0 Å². The monoisotopic (exact) mass is 1100 g/mol. The van der Waals surface area contributed by atoms with Gasteiger partial charge in [0.25, 0.3) is 0 Å². The van der Waals surface area contributed by atoms with Crippen LogP contribution in [0.1, 0.15) is 154 Å². The maximum Gasteiger partial charge on any atom is 0.242 e. The summed E-state index contributed by atoms with van der Waals surface area (Å²) >= 11 is 0. The van der Waals surface area contributed by atoms with Gasteiger partial charge in [0.2, 0.25) is 6.33 Å². The molecule has 6 aromatic carbocycles. The number of aryl methyl sites for hydroxylation is 1. The van der Waals surface area contributed by atoms with Crippen molar-refractivity contribution < 1.29 is 30.4 Å². The number of pyridine rings is 1. The number of rotatable bonds is 3. The maximum absolute atomic E-state index is 7.00. The van der Waals surface area contributed by atoms with E-state index in [2.05, 4.69) is 228 Å². The van der Waals surface area contributed by atoms with Crippen LogP contribution in [0.15, 0.2) is 109 Å². The van der Waals surface area contributed by atoms with E-state index in [9.17, 15) is 0 Å².